The van der Waals surface area contributed by atoms with Gasteiger partial charge in [0.05, 0.1) is 6.54 Å². The van der Waals surface area contributed by atoms with E-state index in [0.717, 1.165) is 10.8 Å². The molecule has 0 aliphatic rings. The molecule has 0 spiro atoms. The summed E-state index contributed by atoms with van der Waals surface area (Å²) in [5.74, 6) is -8.13. The third kappa shape index (κ3) is 22.4. The first-order valence-corrected chi connectivity index (χ1v) is 19.3. The lowest BCUT2D eigenvalue weighted by molar-refractivity contribution is -0.142. The molecule has 0 radical (unpaired) electrons. The predicted molar refractivity (Wildman–Crippen MR) is 198 cm³/mol. The fourth-order valence-electron chi connectivity index (χ4n) is 4.35. The summed E-state index contributed by atoms with van der Waals surface area (Å²) in [5, 5.41) is 50.6. The van der Waals surface area contributed by atoms with Crippen LogP contribution in [0.4, 0.5) is 9.59 Å². The fourth-order valence-corrected chi connectivity index (χ4v) is 6.33. The molecule has 12 N–H and O–H groups in total. The molecule has 7 amide bonds. The van der Waals surface area contributed by atoms with Crippen LogP contribution in [0.3, 0.4) is 0 Å². The molecule has 4 atom stereocenters. The number of hydrogen-bond donors (Lipinski definition) is 11. The quantitative estimate of drug-likeness (QED) is 0.0342. The van der Waals surface area contributed by atoms with Gasteiger partial charge in [0.15, 0.2) is 0 Å². The minimum Gasteiger partial charge on any atom is -0.481 e. The Bertz CT molecular complexity index is 1540. The van der Waals surface area contributed by atoms with Crippen LogP contribution in [0.5, 0.6) is 0 Å². The van der Waals surface area contributed by atoms with Crippen LogP contribution in [0.2, 0.25) is 0 Å². The molecule has 0 saturated heterocycles. The van der Waals surface area contributed by atoms with Crippen LogP contribution in [0.25, 0.3) is 0 Å². The molecule has 1 aromatic carbocycles. The number of ether oxygens (including phenoxy) is 1. The standard InChI is InChI=1S/C32H45N7O15S2/c33-31(52)54-13-14-55-56-17-22(30(50)51)37-27(45)21(15-18-5-2-1-3-6-18)36-25(42)16-35-23(40)7-4-12-34-24(41)10-8-19(28(46)47)38-32(53)39-20(29(48)49)9-11-26(43)44/h1-3,5-6,19-22H,4,7-17H2,(H2,33,52)(H,34,41)(H,35,40)(H,36,42)(H,37,45)(H,43,44)(H,46,47)(H,48,49)(H,50,51)(H2,38,39,53)/t19?,20-,21-,22-/m0/s1. The highest BCUT2D eigenvalue weighted by atomic mass is 33.1. The van der Waals surface area contributed by atoms with Crippen LogP contribution in [0.15, 0.2) is 30.3 Å². The molecule has 0 saturated carbocycles. The molecular formula is C32H45N7O15S2. The van der Waals surface area contributed by atoms with E-state index in [9.17, 15) is 58.2 Å². The molecule has 0 aromatic heterocycles. The predicted octanol–water partition coefficient (Wildman–Crippen LogP) is -1.38. The Labute approximate surface area is 327 Å². The normalized spacial score (nSPS) is 12.6. The van der Waals surface area contributed by atoms with Crippen LogP contribution in [0, 0.1) is 0 Å². The van der Waals surface area contributed by atoms with Gasteiger partial charge in [0.2, 0.25) is 23.6 Å². The summed E-state index contributed by atoms with van der Waals surface area (Å²) < 4.78 is 4.59. The molecule has 1 unspecified atom stereocenters. The monoisotopic (exact) mass is 831 g/mol. The van der Waals surface area contributed by atoms with Gasteiger partial charge >= 0.3 is 36.0 Å². The number of aliphatic carboxylic acids is 4. The Kier molecular flexibility index (Phi) is 23.2. The summed E-state index contributed by atoms with van der Waals surface area (Å²) in [5.41, 5.74) is 5.54. The van der Waals surface area contributed by atoms with Crippen molar-refractivity contribution in [2.75, 3.05) is 31.2 Å². The number of carboxylic acids is 4. The molecule has 0 fully saturated rings. The van der Waals surface area contributed by atoms with E-state index < -0.39 is 103 Å². The van der Waals surface area contributed by atoms with E-state index in [1.54, 1.807) is 30.3 Å². The average Bonchev–Trinajstić information content (AvgIpc) is 3.13. The first-order valence-electron chi connectivity index (χ1n) is 16.8. The van der Waals surface area contributed by atoms with Crippen LogP contribution in [-0.4, -0.2) is 135 Å². The van der Waals surface area contributed by atoms with E-state index in [2.05, 4.69) is 26.0 Å². The second-order valence-electron chi connectivity index (χ2n) is 11.6. The summed E-state index contributed by atoms with van der Waals surface area (Å²) in [4.78, 5) is 119. The number of benzene rings is 1. The van der Waals surface area contributed by atoms with Crippen molar-refractivity contribution in [2.24, 2.45) is 5.73 Å². The van der Waals surface area contributed by atoms with Crippen LogP contribution in [-0.2, 0) is 49.5 Å². The second-order valence-corrected chi connectivity index (χ2v) is 14.2. The Balaban J connectivity index is 2.56. The van der Waals surface area contributed by atoms with Gasteiger partial charge in [-0.05, 0) is 24.8 Å². The zero-order valence-corrected chi connectivity index (χ0v) is 31.5. The van der Waals surface area contributed by atoms with E-state index in [-0.39, 0.29) is 51.0 Å². The average molecular weight is 832 g/mol. The Morgan fingerprint density at radius 3 is 1.82 bits per heavy atom. The molecule has 0 aliphatic heterocycles. The summed E-state index contributed by atoms with van der Waals surface area (Å²) in [6.45, 7) is -0.539. The van der Waals surface area contributed by atoms with Crippen molar-refractivity contribution in [3.63, 3.8) is 0 Å². The topological polar surface area (TPSA) is 359 Å². The number of nitrogens with one attached hydrogen (secondary N) is 6. The SMILES string of the molecule is NC(=O)OCCSSC[C@H](NC(=O)[C@H](Cc1ccccc1)NC(=O)CNC(=O)CCCNC(=O)CCC(NC(=O)N[C@@H](CCC(=O)O)C(=O)O)C(=O)O)C(=O)O. The highest BCUT2D eigenvalue weighted by molar-refractivity contribution is 8.76. The minimum absolute atomic E-state index is 0.000995. The summed E-state index contributed by atoms with van der Waals surface area (Å²) in [7, 11) is 2.31. The van der Waals surface area contributed by atoms with Crippen molar-refractivity contribution >= 4 is 81.2 Å². The number of hydrogen-bond acceptors (Lipinski definition) is 13. The van der Waals surface area contributed by atoms with E-state index in [0.29, 0.717) is 11.3 Å². The van der Waals surface area contributed by atoms with Crippen molar-refractivity contribution < 1.29 is 73.1 Å². The number of carboxylic acid groups (broad SMARTS) is 4. The zero-order chi connectivity index (χ0) is 42.0. The van der Waals surface area contributed by atoms with Crippen molar-refractivity contribution in [1.82, 2.24) is 31.9 Å². The molecule has 0 aliphatic carbocycles. The number of carbonyl (C=O) groups is 10. The first kappa shape index (κ1) is 48.2. The number of rotatable bonds is 28. The van der Waals surface area contributed by atoms with Gasteiger partial charge in [0.1, 0.15) is 30.8 Å². The van der Waals surface area contributed by atoms with Crippen LogP contribution >= 0.6 is 21.6 Å². The highest BCUT2D eigenvalue weighted by Gasteiger charge is 2.28. The fraction of sp³-hybridized carbons (Fsp3) is 0.500. The molecular weight excluding hydrogens is 787 g/mol. The van der Waals surface area contributed by atoms with E-state index in [4.69, 9.17) is 15.9 Å². The van der Waals surface area contributed by atoms with E-state index >= 15 is 0 Å². The van der Waals surface area contributed by atoms with Gasteiger partial charge in [-0.1, -0.05) is 51.9 Å². The Morgan fingerprint density at radius 2 is 1.25 bits per heavy atom. The van der Waals surface area contributed by atoms with Gasteiger partial charge in [-0.15, -0.1) is 0 Å². The van der Waals surface area contributed by atoms with Crippen molar-refractivity contribution in [1.29, 1.82) is 0 Å². The van der Waals surface area contributed by atoms with Gasteiger partial charge in [0, 0.05) is 43.7 Å². The molecule has 22 nitrogen and oxygen atoms in total. The summed E-state index contributed by atoms with van der Waals surface area (Å²) in [6, 6.07) is 1.67. The third-order valence-electron chi connectivity index (χ3n) is 7.14. The highest BCUT2D eigenvalue weighted by Crippen LogP contribution is 2.22. The number of nitrogens with two attached hydrogens (primary N) is 1. The smallest absolute Gasteiger partial charge is 0.404 e. The minimum atomic E-state index is -1.60. The molecule has 310 valence electrons. The number of carbonyl (C=O) groups excluding carboxylic acids is 6. The first-order chi connectivity index (χ1) is 26.5. The lowest BCUT2D eigenvalue weighted by Crippen LogP contribution is -2.54. The van der Waals surface area contributed by atoms with Crippen LogP contribution in [0.1, 0.15) is 44.1 Å². The molecule has 1 rings (SSSR count). The number of amides is 7. The Morgan fingerprint density at radius 1 is 0.661 bits per heavy atom. The van der Waals surface area contributed by atoms with Gasteiger partial charge in [-0.25, -0.2) is 24.0 Å². The van der Waals surface area contributed by atoms with E-state index in [1.165, 1.54) is 10.8 Å². The van der Waals surface area contributed by atoms with Crippen molar-refractivity contribution in [3.8, 4) is 0 Å². The molecule has 0 heterocycles. The molecule has 0 bridgehead atoms. The van der Waals surface area contributed by atoms with E-state index in [1.807, 2.05) is 10.6 Å². The van der Waals surface area contributed by atoms with Gasteiger partial charge in [-0.3, -0.25) is 24.0 Å². The second kappa shape index (κ2) is 26.9. The zero-order valence-electron chi connectivity index (χ0n) is 29.9. The maximum atomic E-state index is 13.2. The molecule has 24 heteroatoms. The maximum absolute atomic E-state index is 13.2. The molecule has 56 heavy (non-hydrogen) atoms. The Hall–Kier alpha value is -5.78. The number of urea groups is 1. The summed E-state index contributed by atoms with van der Waals surface area (Å²) in [6.07, 6.45) is -2.74. The van der Waals surface area contributed by atoms with Gasteiger partial charge in [0.25, 0.3) is 0 Å². The van der Waals surface area contributed by atoms with Gasteiger partial charge < -0.3 is 62.8 Å². The maximum Gasteiger partial charge on any atom is 0.404 e. The lowest BCUT2D eigenvalue weighted by atomic mass is 10.0. The van der Waals surface area contributed by atoms with Crippen LogP contribution < -0.4 is 37.6 Å². The molecule has 1 aromatic rings. The number of primary amides is 1. The van der Waals surface area contributed by atoms with Gasteiger partial charge in [-0.2, -0.15) is 0 Å². The van der Waals surface area contributed by atoms with Crippen molar-refractivity contribution in [2.45, 2.75) is 69.1 Å². The van der Waals surface area contributed by atoms with Crippen molar-refractivity contribution in [3.05, 3.63) is 35.9 Å². The lowest BCUT2D eigenvalue weighted by Gasteiger charge is -2.21. The third-order valence-corrected chi connectivity index (χ3v) is 9.52. The largest absolute Gasteiger partial charge is 0.481 e. The summed E-state index contributed by atoms with van der Waals surface area (Å²) >= 11 is 0.